The van der Waals surface area contributed by atoms with Crippen molar-refractivity contribution in [2.45, 2.75) is 25.3 Å². The molecule has 1 aliphatic rings. The Morgan fingerprint density at radius 3 is 3.11 bits per heavy atom. The molecule has 1 atom stereocenters. The van der Waals surface area contributed by atoms with Gasteiger partial charge in [0.2, 0.25) is 0 Å². The van der Waals surface area contributed by atoms with Crippen LogP contribution in [-0.2, 0) is 6.42 Å². The van der Waals surface area contributed by atoms with Crippen molar-refractivity contribution >= 4 is 28.8 Å². The Kier molecular flexibility index (Phi) is 3.53. The van der Waals surface area contributed by atoms with E-state index in [0.717, 1.165) is 19.3 Å². The van der Waals surface area contributed by atoms with Gasteiger partial charge in [0.1, 0.15) is 5.15 Å². The molecule has 0 spiro atoms. The number of pyridine rings is 1. The summed E-state index contributed by atoms with van der Waals surface area (Å²) >= 11 is 7.49. The van der Waals surface area contributed by atoms with Gasteiger partial charge in [-0.25, -0.2) is 4.98 Å². The molecule has 2 aromatic rings. The molecule has 0 saturated carbocycles. The number of aromatic nitrogens is 1. The van der Waals surface area contributed by atoms with Gasteiger partial charge in [-0.2, -0.15) is 0 Å². The predicted octanol–water partition coefficient (Wildman–Crippen LogP) is 3.60. The number of thiophene rings is 1. The normalized spacial score (nSPS) is 17.8. The number of aryl methyl sites for hydroxylation is 1. The Bertz CT molecular complexity index is 594. The summed E-state index contributed by atoms with van der Waals surface area (Å²) in [5.41, 5.74) is 1.82. The number of hydrogen-bond donors (Lipinski definition) is 1. The molecule has 0 fully saturated rings. The van der Waals surface area contributed by atoms with E-state index < -0.39 is 0 Å². The van der Waals surface area contributed by atoms with Gasteiger partial charge in [-0.3, -0.25) is 4.79 Å². The van der Waals surface area contributed by atoms with E-state index in [-0.39, 0.29) is 11.9 Å². The van der Waals surface area contributed by atoms with Crippen molar-refractivity contribution in [2.24, 2.45) is 0 Å². The molecular formula is C14H13ClN2OS. The maximum absolute atomic E-state index is 12.2. The SMILES string of the molecule is O=C(NC1CCCc2sccc21)c1ccc(Cl)nc1. The van der Waals surface area contributed by atoms with Gasteiger partial charge >= 0.3 is 0 Å². The topological polar surface area (TPSA) is 42.0 Å². The molecule has 0 radical (unpaired) electrons. The number of halogens is 1. The molecule has 0 bridgehead atoms. The molecule has 1 N–H and O–H groups in total. The first kappa shape index (κ1) is 12.6. The highest BCUT2D eigenvalue weighted by molar-refractivity contribution is 7.10. The highest BCUT2D eigenvalue weighted by atomic mass is 35.5. The van der Waals surface area contributed by atoms with Crippen molar-refractivity contribution in [3.63, 3.8) is 0 Å². The average molecular weight is 293 g/mol. The van der Waals surface area contributed by atoms with E-state index in [4.69, 9.17) is 11.6 Å². The zero-order valence-corrected chi connectivity index (χ0v) is 11.8. The first-order valence-corrected chi connectivity index (χ1v) is 7.48. The van der Waals surface area contributed by atoms with Gasteiger partial charge in [0.05, 0.1) is 11.6 Å². The molecule has 3 nitrogen and oxygen atoms in total. The number of nitrogens with zero attached hydrogens (tertiary/aromatic N) is 1. The van der Waals surface area contributed by atoms with Crippen molar-refractivity contribution in [1.29, 1.82) is 0 Å². The lowest BCUT2D eigenvalue weighted by molar-refractivity contribution is 0.0932. The van der Waals surface area contributed by atoms with E-state index in [1.807, 2.05) is 0 Å². The minimum absolute atomic E-state index is 0.0896. The smallest absolute Gasteiger partial charge is 0.253 e. The van der Waals surface area contributed by atoms with Gasteiger partial charge in [0.15, 0.2) is 0 Å². The van der Waals surface area contributed by atoms with Crippen molar-refractivity contribution in [3.8, 4) is 0 Å². The molecule has 3 rings (SSSR count). The maximum atomic E-state index is 12.2. The Hall–Kier alpha value is -1.39. The molecule has 1 unspecified atom stereocenters. The third-order valence-electron chi connectivity index (χ3n) is 3.35. The second-order valence-corrected chi connectivity index (χ2v) is 5.97. The first-order chi connectivity index (χ1) is 9.24. The number of carbonyl (C=O) groups excluding carboxylic acids is 1. The Morgan fingerprint density at radius 1 is 1.42 bits per heavy atom. The van der Waals surface area contributed by atoms with Crippen LogP contribution in [0.15, 0.2) is 29.8 Å². The van der Waals surface area contributed by atoms with Crippen LogP contribution in [0.2, 0.25) is 5.15 Å². The molecule has 1 amide bonds. The van der Waals surface area contributed by atoms with E-state index in [0.29, 0.717) is 10.7 Å². The van der Waals surface area contributed by atoms with Gasteiger partial charge in [0, 0.05) is 11.1 Å². The molecule has 0 aliphatic heterocycles. The molecule has 2 heterocycles. The quantitative estimate of drug-likeness (QED) is 0.859. The minimum atomic E-state index is -0.0896. The number of fused-ring (bicyclic) bond motifs is 1. The van der Waals surface area contributed by atoms with Crippen LogP contribution in [0.3, 0.4) is 0 Å². The first-order valence-electron chi connectivity index (χ1n) is 6.23. The lowest BCUT2D eigenvalue weighted by Crippen LogP contribution is -2.30. The fraction of sp³-hybridized carbons (Fsp3) is 0.286. The summed E-state index contributed by atoms with van der Waals surface area (Å²) in [6.07, 6.45) is 4.75. The maximum Gasteiger partial charge on any atom is 0.253 e. The van der Waals surface area contributed by atoms with Gasteiger partial charge in [-0.05, 0) is 48.4 Å². The van der Waals surface area contributed by atoms with E-state index in [1.54, 1.807) is 23.5 Å². The zero-order chi connectivity index (χ0) is 13.2. The number of carbonyl (C=O) groups is 1. The van der Waals surface area contributed by atoms with E-state index in [9.17, 15) is 4.79 Å². The van der Waals surface area contributed by atoms with Crippen LogP contribution in [-0.4, -0.2) is 10.9 Å². The summed E-state index contributed by atoms with van der Waals surface area (Å²) in [5.74, 6) is -0.0896. The molecule has 19 heavy (non-hydrogen) atoms. The van der Waals surface area contributed by atoms with Crippen LogP contribution < -0.4 is 5.32 Å². The molecule has 5 heteroatoms. The van der Waals surface area contributed by atoms with Crippen LogP contribution >= 0.6 is 22.9 Å². The second kappa shape index (κ2) is 5.31. The molecule has 98 valence electrons. The second-order valence-electron chi connectivity index (χ2n) is 4.59. The average Bonchev–Trinajstić information content (AvgIpc) is 2.89. The highest BCUT2D eigenvalue weighted by Crippen LogP contribution is 2.33. The van der Waals surface area contributed by atoms with Crippen molar-refractivity contribution in [2.75, 3.05) is 0 Å². The largest absolute Gasteiger partial charge is 0.345 e. The molecular weight excluding hydrogens is 280 g/mol. The van der Waals surface area contributed by atoms with Crippen molar-refractivity contribution in [3.05, 3.63) is 50.9 Å². The lowest BCUT2D eigenvalue weighted by Gasteiger charge is -2.23. The number of hydrogen-bond acceptors (Lipinski definition) is 3. The number of rotatable bonds is 2. The molecule has 0 saturated heterocycles. The van der Waals surface area contributed by atoms with Gasteiger partial charge in [-0.1, -0.05) is 11.6 Å². The minimum Gasteiger partial charge on any atom is -0.345 e. The number of nitrogens with one attached hydrogen (secondary N) is 1. The molecule has 0 aromatic carbocycles. The monoisotopic (exact) mass is 292 g/mol. The standard InChI is InChI=1S/C14H13ClN2OS/c15-13-5-4-9(8-16-13)14(18)17-11-2-1-3-12-10(11)6-7-19-12/h4-8,11H,1-3H2,(H,17,18). The van der Waals surface area contributed by atoms with E-state index in [1.165, 1.54) is 16.6 Å². The molecule has 2 aromatic heterocycles. The zero-order valence-electron chi connectivity index (χ0n) is 10.2. The third-order valence-corrected chi connectivity index (χ3v) is 4.57. The summed E-state index contributed by atoms with van der Waals surface area (Å²) in [4.78, 5) is 17.5. The van der Waals surface area contributed by atoms with E-state index in [2.05, 4.69) is 21.7 Å². The van der Waals surface area contributed by atoms with Crippen LogP contribution in [0.1, 0.15) is 39.7 Å². The van der Waals surface area contributed by atoms with Crippen LogP contribution in [0.4, 0.5) is 0 Å². The van der Waals surface area contributed by atoms with Crippen LogP contribution in [0.25, 0.3) is 0 Å². The summed E-state index contributed by atoms with van der Waals surface area (Å²) in [6, 6.07) is 5.57. The van der Waals surface area contributed by atoms with Gasteiger partial charge in [-0.15, -0.1) is 11.3 Å². The fourth-order valence-electron chi connectivity index (χ4n) is 2.39. The lowest BCUT2D eigenvalue weighted by atomic mass is 9.94. The van der Waals surface area contributed by atoms with E-state index >= 15 is 0 Å². The summed E-state index contributed by atoms with van der Waals surface area (Å²) < 4.78 is 0. The highest BCUT2D eigenvalue weighted by Gasteiger charge is 2.23. The van der Waals surface area contributed by atoms with Gasteiger partial charge in [0.25, 0.3) is 5.91 Å². The molecule has 1 aliphatic carbocycles. The summed E-state index contributed by atoms with van der Waals surface area (Å²) in [5, 5.41) is 5.58. The Balaban J connectivity index is 1.76. The predicted molar refractivity (Wildman–Crippen MR) is 76.7 cm³/mol. The fourth-order valence-corrected chi connectivity index (χ4v) is 3.49. The van der Waals surface area contributed by atoms with Crippen molar-refractivity contribution < 1.29 is 4.79 Å². The van der Waals surface area contributed by atoms with Crippen LogP contribution in [0.5, 0.6) is 0 Å². The summed E-state index contributed by atoms with van der Waals surface area (Å²) in [7, 11) is 0. The summed E-state index contributed by atoms with van der Waals surface area (Å²) in [6.45, 7) is 0. The Labute approximate surface area is 120 Å². The number of amides is 1. The van der Waals surface area contributed by atoms with Crippen LogP contribution in [0, 0.1) is 0 Å². The van der Waals surface area contributed by atoms with Crippen molar-refractivity contribution in [1.82, 2.24) is 10.3 Å². The van der Waals surface area contributed by atoms with Gasteiger partial charge < -0.3 is 5.32 Å². The third kappa shape index (κ3) is 2.65. The Morgan fingerprint density at radius 2 is 2.32 bits per heavy atom.